The van der Waals surface area contributed by atoms with E-state index in [9.17, 15) is 4.79 Å². The van der Waals surface area contributed by atoms with Crippen molar-refractivity contribution < 1.29 is 14.6 Å². The molecule has 0 aliphatic heterocycles. The van der Waals surface area contributed by atoms with Gasteiger partial charge in [0.15, 0.2) is 0 Å². The number of carbonyl (C=O) groups is 1. The van der Waals surface area contributed by atoms with Gasteiger partial charge in [0.1, 0.15) is 0 Å². The molecule has 0 atom stereocenters. The molecule has 0 unspecified atom stereocenters. The summed E-state index contributed by atoms with van der Waals surface area (Å²) in [5.41, 5.74) is 0.189. The SMILES string of the molecule is C=CCCOCCC(=C)C(=O)O. The molecule has 0 aromatic carbocycles. The van der Waals surface area contributed by atoms with E-state index in [0.717, 1.165) is 6.42 Å². The predicted molar refractivity (Wildman–Crippen MR) is 47.0 cm³/mol. The molecule has 68 valence electrons. The lowest BCUT2D eigenvalue weighted by molar-refractivity contribution is -0.132. The van der Waals surface area contributed by atoms with Gasteiger partial charge in [-0.25, -0.2) is 4.79 Å². The monoisotopic (exact) mass is 170 g/mol. The van der Waals surface area contributed by atoms with Gasteiger partial charge in [-0.05, 0) is 6.42 Å². The molecule has 0 heterocycles. The highest BCUT2D eigenvalue weighted by Crippen LogP contribution is 1.98. The van der Waals surface area contributed by atoms with Crippen molar-refractivity contribution in [3.05, 3.63) is 24.8 Å². The van der Waals surface area contributed by atoms with Crippen LogP contribution in [0, 0.1) is 0 Å². The first-order chi connectivity index (χ1) is 5.68. The molecule has 0 aromatic rings. The highest BCUT2D eigenvalue weighted by atomic mass is 16.5. The van der Waals surface area contributed by atoms with E-state index in [0.29, 0.717) is 19.6 Å². The van der Waals surface area contributed by atoms with Crippen LogP contribution >= 0.6 is 0 Å². The van der Waals surface area contributed by atoms with Crippen molar-refractivity contribution in [2.24, 2.45) is 0 Å². The average molecular weight is 170 g/mol. The second-order valence-electron chi connectivity index (χ2n) is 2.35. The van der Waals surface area contributed by atoms with Gasteiger partial charge < -0.3 is 9.84 Å². The van der Waals surface area contributed by atoms with Crippen LogP contribution in [0.5, 0.6) is 0 Å². The van der Waals surface area contributed by atoms with Crippen LogP contribution in [0.4, 0.5) is 0 Å². The van der Waals surface area contributed by atoms with Crippen molar-refractivity contribution in [3.63, 3.8) is 0 Å². The highest BCUT2D eigenvalue weighted by molar-refractivity contribution is 5.85. The molecular formula is C9H14O3. The van der Waals surface area contributed by atoms with Crippen LogP contribution in [-0.2, 0) is 9.53 Å². The average Bonchev–Trinajstić information content (AvgIpc) is 2.03. The lowest BCUT2D eigenvalue weighted by atomic mass is 10.2. The highest BCUT2D eigenvalue weighted by Gasteiger charge is 2.02. The fraction of sp³-hybridized carbons (Fsp3) is 0.444. The van der Waals surface area contributed by atoms with Gasteiger partial charge in [0.2, 0.25) is 0 Å². The van der Waals surface area contributed by atoms with E-state index in [1.807, 2.05) is 0 Å². The molecule has 0 saturated heterocycles. The van der Waals surface area contributed by atoms with Crippen LogP contribution in [0.2, 0.25) is 0 Å². The zero-order valence-electron chi connectivity index (χ0n) is 7.08. The summed E-state index contributed by atoms with van der Waals surface area (Å²) in [7, 11) is 0. The van der Waals surface area contributed by atoms with Crippen molar-refractivity contribution in [2.45, 2.75) is 12.8 Å². The van der Waals surface area contributed by atoms with Crippen LogP contribution in [-0.4, -0.2) is 24.3 Å². The summed E-state index contributed by atoms with van der Waals surface area (Å²) < 4.78 is 5.10. The Morgan fingerprint density at radius 2 is 2.17 bits per heavy atom. The summed E-state index contributed by atoms with van der Waals surface area (Å²) in [4.78, 5) is 10.2. The van der Waals surface area contributed by atoms with Crippen LogP contribution in [0.1, 0.15) is 12.8 Å². The predicted octanol–water partition coefficient (Wildman–Crippen LogP) is 1.61. The molecule has 0 bridgehead atoms. The standard InChI is InChI=1S/C9H14O3/c1-3-4-6-12-7-5-8(2)9(10)11/h3H,1-2,4-7H2,(H,10,11). The number of hydrogen-bond acceptors (Lipinski definition) is 2. The molecule has 0 rings (SSSR count). The lowest BCUT2D eigenvalue weighted by Gasteiger charge is -2.01. The molecule has 0 amide bonds. The van der Waals surface area contributed by atoms with Gasteiger partial charge in [-0.3, -0.25) is 0 Å². The minimum atomic E-state index is -0.956. The Morgan fingerprint density at radius 3 is 2.67 bits per heavy atom. The molecule has 0 aromatic heterocycles. The van der Waals surface area contributed by atoms with Crippen LogP contribution in [0.15, 0.2) is 24.8 Å². The molecule has 12 heavy (non-hydrogen) atoms. The zero-order chi connectivity index (χ0) is 9.40. The van der Waals surface area contributed by atoms with E-state index >= 15 is 0 Å². The summed E-state index contributed by atoms with van der Waals surface area (Å²) in [6.07, 6.45) is 2.93. The minimum absolute atomic E-state index is 0.189. The van der Waals surface area contributed by atoms with Gasteiger partial charge in [-0.1, -0.05) is 12.7 Å². The molecule has 0 aliphatic rings. The van der Waals surface area contributed by atoms with Crippen molar-refractivity contribution in [1.29, 1.82) is 0 Å². The fourth-order valence-corrected chi connectivity index (χ4v) is 0.571. The maximum absolute atomic E-state index is 10.2. The lowest BCUT2D eigenvalue weighted by Crippen LogP contribution is -2.03. The first-order valence-electron chi connectivity index (χ1n) is 3.78. The van der Waals surface area contributed by atoms with E-state index in [-0.39, 0.29) is 5.57 Å². The second kappa shape index (κ2) is 6.61. The molecule has 0 fully saturated rings. The van der Waals surface area contributed by atoms with Crippen LogP contribution < -0.4 is 0 Å². The third-order valence-electron chi connectivity index (χ3n) is 1.32. The van der Waals surface area contributed by atoms with E-state index in [1.54, 1.807) is 6.08 Å². The van der Waals surface area contributed by atoms with Gasteiger partial charge in [-0.2, -0.15) is 0 Å². The first kappa shape index (κ1) is 10.9. The fourth-order valence-electron chi connectivity index (χ4n) is 0.571. The molecule has 0 spiro atoms. The molecule has 3 heteroatoms. The normalized spacial score (nSPS) is 9.33. The number of rotatable bonds is 7. The number of carboxylic acids is 1. The van der Waals surface area contributed by atoms with Gasteiger partial charge in [0, 0.05) is 12.0 Å². The number of aliphatic carboxylic acids is 1. The van der Waals surface area contributed by atoms with Crippen molar-refractivity contribution >= 4 is 5.97 Å². The molecule has 0 aliphatic carbocycles. The maximum Gasteiger partial charge on any atom is 0.331 e. The Hall–Kier alpha value is -1.09. The van der Waals surface area contributed by atoms with Crippen molar-refractivity contribution in [1.82, 2.24) is 0 Å². The van der Waals surface area contributed by atoms with E-state index in [2.05, 4.69) is 13.2 Å². The van der Waals surface area contributed by atoms with Crippen molar-refractivity contribution in [2.75, 3.05) is 13.2 Å². The summed E-state index contributed by atoms with van der Waals surface area (Å²) >= 11 is 0. The van der Waals surface area contributed by atoms with Crippen LogP contribution in [0.3, 0.4) is 0 Å². The van der Waals surface area contributed by atoms with Crippen LogP contribution in [0.25, 0.3) is 0 Å². The smallest absolute Gasteiger partial charge is 0.331 e. The van der Waals surface area contributed by atoms with Gasteiger partial charge in [0.05, 0.1) is 13.2 Å². The minimum Gasteiger partial charge on any atom is -0.478 e. The topological polar surface area (TPSA) is 46.5 Å². The molecule has 0 saturated carbocycles. The first-order valence-corrected chi connectivity index (χ1v) is 3.78. The maximum atomic E-state index is 10.2. The Labute approximate surface area is 72.3 Å². The summed E-state index contributed by atoms with van der Waals surface area (Å²) in [6.45, 7) is 7.91. The molecule has 3 nitrogen and oxygen atoms in total. The third kappa shape index (κ3) is 5.68. The van der Waals surface area contributed by atoms with Gasteiger partial charge in [0.25, 0.3) is 0 Å². The van der Waals surface area contributed by atoms with Crippen molar-refractivity contribution in [3.8, 4) is 0 Å². The summed E-state index contributed by atoms with van der Waals surface area (Å²) in [5, 5.41) is 8.41. The zero-order valence-corrected chi connectivity index (χ0v) is 7.08. The number of carboxylic acid groups (broad SMARTS) is 1. The number of ether oxygens (including phenoxy) is 1. The Kier molecular flexibility index (Phi) is 6.01. The number of hydrogen-bond donors (Lipinski definition) is 1. The Balaban J connectivity index is 3.25. The molecular weight excluding hydrogens is 156 g/mol. The summed E-state index contributed by atoms with van der Waals surface area (Å²) in [6, 6.07) is 0. The van der Waals surface area contributed by atoms with E-state index < -0.39 is 5.97 Å². The molecule has 0 radical (unpaired) electrons. The molecule has 1 N–H and O–H groups in total. The summed E-state index contributed by atoms with van der Waals surface area (Å²) in [5.74, 6) is -0.956. The largest absolute Gasteiger partial charge is 0.478 e. The van der Waals surface area contributed by atoms with E-state index in [1.165, 1.54) is 0 Å². The Morgan fingerprint density at radius 1 is 1.50 bits per heavy atom. The Bertz CT molecular complexity index is 173. The second-order valence-corrected chi connectivity index (χ2v) is 2.35. The third-order valence-corrected chi connectivity index (χ3v) is 1.32. The van der Waals surface area contributed by atoms with Gasteiger partial charge in [-0.15, -0.1) is 6.58 Å². The van der Waals surface area contributed by atoms with Gasteiger partial charge >= 0.3 is 5.97 Å². The quantitative estimate of drug-likeness (QED) is 0.358. The van der Waals surface area contributed by atoms with E-state index in [4.69, 9.17) is 9.84 Å².